The summed E-state index contributed by atoms with van der Waals surface area (Å²) in [6.45, 7) is 0. The molecule has 0 saturated carbocycles. The van der Waals surface area contributed by atoms with Gasteiger partial charge in [-0.3, -0.25) is 4.79 Å². The lowest BCUT2D eigenvalue weighted by atomic mass is 9.90. The van der Waals surface area contributed by atoms with Crippen molar-refractivity contribution in [2.75, 3.05) is 0 Å². The number of phenolic OH excluding ortho intramolecular Hbond substituents is 2. The van der Waals surface area contributed by atoms with Crippen molar-refractivity contribution < 1.29 is 20.1 Å². The minimum absolute atomic E-state index is 0.0732. The van der Waals surface area contributed by atoms with Gasteiger partial charge in [0.15, 0.2) is 0 Å². The van der Waals surface area contributed by atoms with Crippen LogP contribution in [0.3, 0.4) is 0 Å². The molecule has 2 heterocycles. The SMILES string of the molecule is O=C(O)C(c1c[nH]c2ccc(O)cc12)c1c[nH]c2ccc(O)cc12. The van der Waals surface area contributed by atoms with E-state index in [1.54, 1.807) is 48.8 Å². The van der Waals surface area contributed by atoms with E-state index in [2.05, 4.69) is 9.97 Å². The van der Waals surface area contributed by atoms with Gasteiger partial charge < -0.3 is 25.3 Å². The zero-order valence-electron chi connectivity index (χ0n) is 12.4. The highest BCUT2D eigenvalue weighted by atomic mass is 16.4. The van der Waals surface area contributed by atoms with E-state index < -0.39 is 11.9 Å². The number of rotatable bonds is 3. The molecule has 0 fully saturated rings. The largest absolute Gasteiger partial charge is 0.508 e. The van der Waals surface area contributed by atoms with E-state index in [9.17, 15) is 20.1 Å². The van der Waals surface area contributed by atoms with E-state index in [0.29, 0.717) is 21.9 Å². The van der Waals surface area contributed by atoms with Gasteiger partial charge in [0.2, 0.25) is 0 Å². The maximum atomic E-state index is 12.0. The number of fused-ring (bicyclic) bond motifs is 2. The maximum absolute atomic E-state index is 12.0. The summed E-state index contributed by atoms with van der Waals surface area (Å²) in [4.78, 5) is 18.1. The lowest BCUT2D eigenvalue weighted by molar-refractivity contribution is -0.137. The van der Waals surface area contributed by atoms with Gasteiger partial charge in [0.25, 0.3) is 0 Å². The Labute approximate surface area is 136 Å². The molecule has 6 heteroatoms. The van der Waals surface area contributed by atoms with Crippen LogP contribution < -0.4 is 0 Å². The molecule has 0 aliphatic heterocycles. The van der Waals surface area contributed by atoms with Gasteiger partial charge in [0.1, 0.15) is 17.4 Å². The number of aromatic nitrogens is 2. The Hall–Kier alpha value is -3.41. The minimum atomic E-state index is -1.01. The van der Waals surface area contributed by atoms with Crippen LogP contribution in [0.5, 0.6) is 11.5 Å². The van der Waals surface area contributed by atoms with Crippen molar-refractivity contribution in [1.29, 1.82) is 0 Å². The van der Waals surface area contributed by atoms with Gasteiger partial charge in [-0.1, -0.05) is 0 Å². The van der Waals surface area contributed by atoms with Crippen molar-refractivity contribution in [2.24, 2.45) is 0 Å². The van der Waals surface area contributed by atoms with E-state index >= 15 is 0 Å². The number of benzene rings is 2. The van der Waals surface area contributed by atoms with E-state index in [1.807, 2.05) is 0 Å². The summed E-state index contributed by atoms with van der Waals surface area (Å²) in [5.41, 5.74) is 2.60. The summed E-state index contributed by atoms with van der Waals surface area (Å²) in [6, 6.07) is 9.58. The minimum Gasteiger partial charge on any atom is -0.508 e. The Balaban J connectivity index is 1.98. The van der Waals surface area contributed by atoms with E-state index in [1.165, 1.54) is 0 Å². The second kappa shape index (κ2) is 5.06. The summed E-state index contributed by atoms with van der Waals surface area (Å²) >= 11 is 0. The van der Waals surface area contributed by atoms with Gasteiger partial charge in [0.05, 0.1) is 0 Å². The number of carboxylic acid groups (broad SMARTS) is 1. The molecular formula is C18H14N2O4. The third-order valence-electron chi connectivity index (χ3n) is 4.26. The number of aromatic hydroxyl groups is 2. The quantitative estimate of drug-likeness (QED) is 0.399. The number of aliphatic carboxylic acids is 1. The lowest BCUT2D eigenvalue weighted by Crippen LogP contribution is -2.12. The average molecular weight is 322 g/mol. The molecule has 5 N–H and O–H groups in total. The summed E-state index contributed by atoms with van der Waals surface area (Å²) in [7, 11) is 0. The molecule has 0 aliphatic rings. The molecule has 0 aliphatic carbocycles. The van der Waals surface area contributed by atoms with Crippen LogP contribution in [0.2, 0.25) is 0 Å². The highest BCUT2D eigenvalue weighted by molar-refractivity contribution is 5.96. The summed E-state index contributed by atoms with van der Waals surface area (Å²) in [6.07, 6.45) is 3.29. The monoisotopic (exact) mass is 322 g/mol. The molecule has 0 atom stereocenters. The van der Waals surface area contributed by atoms with E-state index in [4.69, 9.17) is 0 Å². The van der Waals surface area contributed by atoms with Gasteiger partial charge in [0, 0.05) is 34.2 Å². The van der Waals surface area contributed by atoms with Crippen LogP contribution in [0.15, 0.2) is 48.8 Å². The van der Waals surface area contributed by atoms with Crippen LogP contribution in [0.25, 0.3) is 21.8 Å². The van der Waals surface area contributed by atoms with E-state index in [-0.39, 0.29) is 11.5 Å². The standard InChI is InChI=1S/C18H14N2O4/c21-9-1-3-15-11(5-9)13(7-19-15)17(18(23)24)14-8-20-16-4-2-10(22)6-12(14)16/h1-8,17,19-22H,(H,23,24). The van der Waals surface area contributed by atoms with Crippen LogP contribution in [0, 0.1) is 0 Å². The fourth-order valence-corrected chi connectivity index (χ4v) is 3.17. The molecule has 2 aromatic heterocycles. The highest BCUT2D eigenvalue weighted by Gasteiger charge is 2.27. The van der Waals surface area contributed by atoms with Crippen LogP contribution in [0.4, 0.5) is 0 Å². The Morgan fingerprint density at radius 1 is 0.833 bits per heavy atom. The molecule has 6 nitrogen and oxygen atoms in total. The van der Waals surface area contributed by atoms with Crippen LogP contribution in [0.1, 0.15) is 17.0 Å². The number of phenols is 2. The number of hydrogen-bond donors (Lipinski definition) is 5. The van der Waals surface area contributed by atoms with Crippen molar-refractivity contribution in [1.82, 2.24) is 9.97 Å². The first-order chi connectivity index (χ1) is 11.5. The first kappa shape index (κ1) is 14.2. The topological polar surface area (TPSA) is 109 Å². The molecule has 120 valence electrons. The first-order valence-corrected chi connectivity index (χ1v) is 7.37. The molecule has 0 spiro atoms. The Bertz CT molecular complexity index is 997. The molecule has 2 aromatic carbocycles. The fraction of sp³-hybridized carbons (Fsp3) is 0.0556. The predicted octanol–water partition coefficient (Wildman–Crippen LogP) is 3.28. The third-order valence-corrected chi connectivity index (χ3v) is 4.26. The van der Waals surface area contributed by atoms with Crippen LogP contribution in [-0.2, 0) is 4.79 Å². The van der Waals surface area contributed by atoms with Crippen molar-refractivity contribution in [3.8, 4) is 11.5 Å². The molecule has 0 radical (unpaired) electrons. The van der Waals surface area contributed by atoms with E-state index in [0.717, 1.165) is 11.0 Å². The van der Waals surface area contributed by atoms with Crippen molar-refractivity contribution in [2.45, 2.75) is 5.92 Å². The zero-order valence-corrected chi connectivity index (χ0v) is 12.4. The molecule has 0 unspecified atom stereocenters. The molecular weight excluding hydrogens is 308 g/mol. The van der Waals surface area contributed by atoms with Gasteiger partial charge >= 0.3 is 5.97 Å². The summed E-state index contributed by atoms with van der Waals surface area (Å²) in [5, 5.41) is 30.6. The average Bonchev–Trinajstić information content (AvgIpc) is 3.12. The first-order valence-electron chi connectivity index (χ1n) is 7.37. The molecule has 0 saturated heterocycles. The van der Waals surface area contributed by atoms with Gasteiger partial charge in [-0.05, 0) is 47.5 Å². The van der Waals surface area contributed by atoms with Gasteiger partial charge in [-0.15, -0.1) is 0 Å². The predicted molar refractivity (Wildman–Crippen MR) is 89.4 cm³/mol. The summed E-state index contributed by atoms with van der Waals surface area (Å²) in [5.74, 6) is -1.80. The normalized spacial score (nSPS) is 11.5. The Morgan fingerprint density at radius 2 is 1.29 bits per heavy atom. The second-order valence-electron chi connectivity index (χ2n) is 5.72. The highest BCUT2D eigenvalue weighted by Crippen LogP contribution is 2.36. The molecule has 4 rings (SSSR count). The van der Waals surface area contributed by atoms with Crippen molar-refractivity contribution >= 4 is 27.8 Å². The Kier molecular flexibility index (Phi) is 2.99. The number of carbonyl (C=O) groups is 1. The van der Waals surface area contributed by atoms with Gasteiger partial charge in [-0.2, -0.15) is 0 Å². The van der Waals surface area contributed by atoms with Crippen LogP contribution in [-0.4, -0.2) is 31.3 Å². The van der Waals surface area contributed by atoms with Crippen molar-refractivity contribution in [3.05, 3.63) is 59.9 Å². The lowest BCUT2D eigenvalue weighted by Gasteiger charge is -2.11. The second-order valence-corrected chi connectivity index (χ2v) is 5.72. The fourth-order valence-electron chi connectivity index (χ4n) is 3.17. The van der Waals surface area contributed by atoms with Gasteiger partial charge in [-0.25, -0.2) is 0 Å². The molecule has 4 aromatic rings. The van der Waals surface area contributed by atoms with Crippen molar-refractivity contribution in [3.63, 3.8) is 0 Å². The molecule has 0 bridgehead atoms. The molecule has 24 heavy (non-hydrogen) atoms. The number of hydrogen-bond acceptors (Lipinski definition) is 3. The third kappa shape index (κ3) is 2.08. The summed E-state index contributed by atoms with van der Waals surface area (Å²) < 4.78 is 0. The molecule has 0 amide bonds. The van der Waals surface area contributed by atoms with Crippen LogP contribution >= 0.6 is 0 Å². The number of H-pyrrole nitrogens is 2. The maximum Gasteiger partial charge on any atom is 0.315 e. The number of nitrogens with one attached hydrogen (secondary N) is 2. The number of aromatic amines is 2. The zero-order chi connectivity index (χ0) is 16.8. The Morgan fingerprint density at radius 3 is 1.71 bits per heavy atom. The number of carboxylic acids is 1. The smallest absolute Gasteiger partial charge is 0.315 e.